The summed E-state index contributed by atoms with van der Waals surface area (Å²) in [7, 11) is 0. The van der Waals surface area contributed by atoms with Gasteiger partial charge in [-0.15, -0.1) is 0 Å². The lowest BCUT2D eigenvalue weighted by Crippen LogP contribution is -2.09. The van der Waals surface area contributed by atoms with Gasteiger partial charge in [-0.3, -0.25) is 9.68 Å². The summed E-state index contributed by atoms with van der Waals surface area (Å²) in [6.45, 7) is 1.98. The molecule has 0 radical (unpaired) electrons. The minimum Gasteiger partial charge on any atom is -0.481 e. The summed E-state index contributed by atoms with van der Waals surface area (Å²) in [5.74, 6) is -2.12. The number of aliphatic carboxylic acids is 1. The zero-order valence-electron chi connectivity index (χ0n) is 8.02. The predicted octanol–water partition coefficient (Wildman–Crippen LogP) is 1.59. The molecule has 0 fully saturated rings. The van der Waals surface area contributed by atoms with Gasteiger partial charge in [0, 0.05) is 5.57 Å². The minimum absolute atomic E-state index is 0.0200. The van der Waals surface area contributed by atoms with Gasteiger partial charge in [0.2, 0.25) is 0 Å². The fourth-order valence-electron chi connectivity index (χ4n) is 0.930. The molecule has 0 saturated carbocycles. The first kappa shape index (κ1) is 12.6. The van der Waals surface area contributed by atoms with E-state index in [1.807, 2.05) is 6.92 Å². The summed E-state index contributed by atoms with van der Waals surface area (Å²) in [6, 6.07) is 0. The van der Waals surface area contributed by atoms with Gasteiger partial charge in [0.05, 0.1) is 6.42 Å². The molecule has 0 amide bonds. The van der Waals surface area contributed by atoms with E-state index in [0.29, 0.717) is 6.42 Å². The lowest BCUT2D eigenvalue weighted by molar-refractivity contribution is -0.229. The van der Waals surface area contributed by atoms with Gasteiger partial charge in [-0.1, -0.05) is 25.8 Å². The summed E-state index contributed by atoms with van der Waals surface area (Å²) in [6.07, 6.45) is 3.47. The van der Waals surface area contributed by atoms with Crippen LogP contribution >= 0.6 is 0 Å². The monoisotopic (exact) mass is 202 g/mol. The molecule has 0 saturated heterocycles. The molecule has 0 aliphatic rings. The fraction of sp³-hybridized carbons (Fsp3) is 0.556. The average molecular weight is 202 g/mol. The van der Waals surface area contributed by atoms with Gasteiger partial charge in [-0.2, -0.15) is 5.26 Å². The van der Waals surface area contributed by atoms with Crippen LogP contribution < -0.4 is 0 Å². The molecular formula is C9H14O5. The van der Waals surface area contributed by atoms with E-state index < -0.39 is 18.4 Å². The maximum Gasteiger partial charge on any atom is 0.369 e. The average Bonchev–Trinajstić information content (AvgIpc) is 2.15. The lowest BCUT2D eigenvalue weighted by atomic mass is 10.1. The van der Waals surface area contributed by atoms with E-state index >= 15 is 0 Å². The van der Waals surface area contributed by atoms with Crippen molar-refractivity contribution in [2.45, 2.75) is 32.6 Å². The topological polar surface area (TPSA) is 83.8 Å². The van der Waals surface area contributed by atoms with E-state index in [1.165, 1.54) is 6.08 Å². The Balaban J connectivity index is 4.30. The van der Waals surface area contributed by atoms with Crippen LogP contribution in [0.3, 0.4) is 0 Å². The van der Waals surface area contributed by atoms with Crippen LogP contribution in [0.2, 0.25) is 0 Å². The second-order valence-electron chi connectivity index (χ2n) is 2.82. The highest BCUT2D eigenvalue weighted by Gasteiger charge is 2.14. The van der Waals surface area contributed by atoms with Crippen molar-refractivity contribution in [1.82, 2.24) is 0 Å². The highest BCUT2D eigenvalue weighted by atomic mass is 17.1. The van der Waals surface area contributed by atoms with Gasteiger partial charge in [0.1, 0.15) is 0 Å². The number of carbonyl (C=O) groups excluding carboxylic acids is 1. The fourth-order valence-corrected chi connectivity index (χ4v) is 0.930. The van der Waals surface area contributed by atoms with Crippen molar-refractivity contribution in [3.8, 4) is 0 Å². The molecule has 0 aromatic rings. The highest BCUT2D eigenvalue weighted by molar-refractivity contribution is 5.93. The standard InChI is InChI=1S/C9H14O5/c1-2-3-4-5-7(6-8(10)11)9(12)14-13/h5,13H,2-4,6H2,1H3,(H,10,11). The second kappa shape index (κ2) is 7.08. The smallest absolute Gasteiger partial charge is 0.369 e. The van der Waals surface area contributed by atoms with Crippen molar-refractivity contribution in [3.05, 3.63) is 11.6 Å². The number of carboxylic acid groups (broad SMARTS) is 1. The summed E-state index contributed by atoms with van der Waals surface area (Å²) < 4.78 is 0. The van der Waals surface area contributed by atoms with Crippen LogP contribution in [-0.4, -0.2) is 22.3 Å². The van der Waals surface area contributed by atoms with Crippen LogP contribution in [0.4, 0.5) is 0 Å². The lowest BCUT2D eigenvalue weighted by Gasteiger charge is -2.00. The van der Waals surface area contributed by atoms with Crippen LogP contribution in [0, 0.1) is 0 Å². The van der Waals surface area contributed by atoms with Crippen LogP contribution in [-0.2, 0) is 14.5 Å². The Labute approximate surface area is 81.9 Å². The molecule has 5 nitrogen and oxygen atoms in total. The predicted molar refractivity (Wildman–Crippen MR) is 48.6 cm³/mol. The maximum atomic E-state index is 10.8. The number of carboxylic acids is 1. The Morgan fingerprint density at radius 2 is 2.07 bits per heavy atom. The molecule has 0 unspecified atom stereocenters. The highest BCUT2D eigenvalue weighted by Crippen LogP contribution is 2.07. The van der Waals surface area contributed by atoms with Crippen molar-refractivity contribution in [2.24, 2.45) is 0 Å². The first-order chi connectivity index (χ1) is 6.61. The first-order valence-electron chi connectivity index (χ1n) is 4.38. The van der Waals surface area contributed by atoms with Crippen molar-refractivity contribution in [3.63, 3.8) is 0 Å². The zero-order valence-corrected chi connectivity index (χ0v) is 8.02. The van der Waals surface area contributed by atoms with Gasteiger partial charge < -0.3 is 5.11 Å². The third-order valence-electron chi connectivity index (χ3n) is 1.64. The Kier molecular flexibility index (Phi) is 6.39. The molecule has 0 atom stereocenters. The Bertz CT molecular complexity index is 231. The van der Waals surface area contributed by atoms with Crippen molar-refractivity contribution < 1.29 is 24.8 Å². The van der Waals surface area contributed by atoms with Gasteiger partial charge >= 0.3 is 11.9 Å². The van der Waals surface area contributed by atoms with Gasteiger partial charge in [-0.05, 0) is 6.42 Å². The SMILES string of the molecule is CCCCC=C(CC(=O)O)C(=O)OO. The number of unbranched alkanes of at least 4 members (excludes halogenated alkanes) is 2. The zero-order chi connectivity index (χ0) is 11.0. The summed E-state index contributed by atoms with van der Waals surface area (Å²) in [4.78, 5) is 24.6. The Morgan fingerprint density at radius 1 is 1.43 bits per heavy atom. The molecule has 80 valence electrons. The van der Waals surface area contributed by atoms with E-state index in [4.69, 9.17) is 10.4 Å². The summed E-state index contributed by atoms with van der Waals surface area (Å²) in [5, 5.41) is 16.5. The van der Waals surface area contributed by atoms with Crippen LogP contribution in [0.25, 0.3) is 0 Å². The van der Waals surface area contributed by atoms with Crippen LogP contribution in [0.15, 0.2) is 11.6 Å². The first-order valence-corrected chi connectivity index (χ1v) is 4.38. The van der Waals surface area contributed by atoms with E-state index in [2.05, 4.69) is 4.89 Å². The van der Waals surface area contributed by atoms with E-state index in [-0.39, 0.29) is 5.57 Å². The van der Waals surface area contributed by atoms with Crippen molar-refractivity contribution >= 4 is 11.9 Å². The van der Waals surface area contributed by atoms with E-state index in [9.17, 15) is 9.59 Å². The molecule has 0 aliphatic carbocycles. The van der Waals surface area contributed by atoms with Crippen molar-refractivity contribution in [1.29, 1.82) is 0 Å². The Morgan fingerprint density at radius 3 is 2.50 bits per heavy atom. The molecule has 0 spiro atoms. The molecule has 0 heterocycles. The molecule has 5 heteroatoms. The second-order valence-corrected chi connectivity index (χ2v) is 2.82. The van der Waals surface area contributed by atoms with Crippen LogP contribution in [0.1, 0.15) is 32.6 Å². The molecule has 14 heavy (non-hydrogen) atoms. The van der Waals surface area contributed by atoms with Gasteiger partial charge in [-0.25, -0.2) is 4.79 Å². The number of carbonyl (C=O) groups is 2. The van der Waals surface area contributed by atoms with Gasteiger partial charge in [0.15, 0.2) is 0 Å². The van der Waals surface area contributed by atoms with E-state index in [1.54, 1.807) is 0 Å². The summed E-state index contributed by atoms with van der Waals surface area (Å²) >= 11 is 0. The largest absolute Gasteiger partial charge is 0.481 e. The number of hydrogen-bond donors (Lipinski definition) is 2. The van der Waals surface area contributed by atoms with Crippen LogP contribution in [0.5, 0.6) is 0 Å². The molecule has 0 rings (SSSR count). The quantitative estimate of drug-likeness (QED) is 0.296. The molecule has 0 aromatic heterocycles. The van der Waals surface area contributed by atoms with Gasteiger partial charge in [0.25, 0.3) is 0 Å². The number of allylic oxidation sites excluding steroid dienone is 1. The molecule has 0 aromatic carbocycles. The third-order valence-corrected chi connectivity index (χ3v) is 1.64. The molecular weight excluding hydrogens is 188 g/mol. The minimum atomic E-state index is -1.13. The third kappa shape index (κ3) is 5.31. The normalized spacial score (nSPS) is 11.1. The maximum absolute atomic E-state index is 10.8. The Hall–Kier alpha value is -1.36. The molecule has 0 aliphatic heterocycles. The van der Waals surface area contributed by atoms with Crippen molar-refractivity contribution in [2.75, 3.05) is 0 Å². The molecule has 0 bridgehead atoms. The van der Waals surface area contributed by atoms with E-state index in [0.717, 1.165) is 12.8 Å². The molecule has 2 N–H and O–H groups in total. The summed E-state index contributed by atoms with van der Waals surface area (Å²) in [5.41, 5.74) is -0.0200. The number of rotatable bonds is 6. The number of hydrogen-bond acceptors (Lipinski definition) is 4.